The van der Waals surface area contributed by atoms with Crippen LogP contribution in [0, 0.1) is 6.92 Å². The standard InChI is InChI=1S/C25H23N5OS2/c1-4-18-9-11-20(12-10-18)29(17(3)31)24-26-19(14-32-24)15-33-25-28-27-23-13-16(2)21-7-5-6-8-22(21)30(23)25/h5-14H,4,15H2,1-3H3. The molecule has 33 heavy (non-hydrogen) atoms. The maximum Gasteiger partial charge on any atom is 0.230 e. The van der Waals surface area contributed by atoms with E-state index < -0.39 is 0 Å². The van der Waals surface area contributed by atoms with Crippen LogP contribution in [0.25, 0.3) is 16.6 Å². The van der Waals surface area contributed by atoms with E-state index in [0.29, 0.717) is 10.9 Å². The molecule has 8 heteroatoms. The van der Waals surface area contributed by atoms with E-state index in [0.717, 1.165) is 34.1 Å². The minimum absolute atomic E-state index is 0.0573. The van der Waals surface area contributed by atoms with Gasteiger partial charge in [0, 0.05) is 23.4 Å². The van der Waals surface area contributed by atoms with Gasteiger partial charge in [-0.2, -0.15) is 0 Å². The number of aromatic nitrogens is 4. The number of nitrogens with zero attached hydrogens (tertiary/aromatic N) is 5. The van der Waals surface area contributed by atoms with Gasteiger partial charge in [0.05, 0.1) is 16.9 Å². The van der Waals surface area contributed by atoms with E-state index >= 15 is 0 Å². The smallest absolute Gasteiger partial charge is 0.230 e. The van der Waals surface area contributed by atoms with Crippen molar-refractivity contribution in [1.82, 2.24) is 19.6 Å². The maximum absolute atomic E-state index is 12.4. The van der Waals surface area contributed by atoms with E-state index in [-0.39, 0.29) is 5.91 Å². The van der Waals surface area contributed by atoms with Crippen molar-refractivity contribution in [1.29, 1.82) is 0 Å². The number of fused-ring (bicyclic) bond motifs is 3. The van der Waals surface area contributed by atoms with Crippen molar-refractivity contribution >= 4 is 56.4 Å². The van der Waals surface area contributed by atoms with Gasteiger partial charge in [-0.05, 0) is 48.7 Å². The third-order valence-electron chi connectivity index (χ3n) is 5.57. The van der Waals surface area contributed by atoms with Crippen LogP contribution < -0.4 is 4.90 Å². The van der Waals surface area contributed by atoms with Crippen LogP contribution in [-0.2, 0) is 17.0 Å². The molecule has 166 valence electrons. The Bertz CT molecular complexity index is 1460. The molecule has 6 nitrogen and oxygen atoms in total. The number of amides is 1. The predicted molar refractivity (Wildman–Crippen MR) is 136 cm³/mol. The highest BCUT2D eigenvalue weighted by Crippen LogP contribution is 2.32. The van der Waals surface area contributed by atoms with Crippen molar-refractivity contribution in [3.63, 3.8) is 0 Å². The fourth-order valence-electron chi connectivity index (χ4n) is 3.88. The number of rotatable bonds is 6. The number of thiazole rings is 1. The topological polar surface area (TPSA) is 63.4 Å². The van der Waals surface area contributed by atoms with Gasteiger partial charge in [-0.1, -0.05) is 49.0 Å². The monoisotopic (exact) mass is 473 g/mol. The molecule has 0 unspecified atom stereocenters. The second kappa shape index (κ2) is 8.96. The summed E-state index contributed by atoms with van der Waals surface area (Å²) in [6.07, 6.45) is 0.963. The molecule has 0 bridgehead atoms. The highest BCUT2D eigenvalue weighted by Gasteiger charge is 2.19. The van der Waals surface area contributed by atoms with Gasteiger partial charge in [0.2, 0.25) is 5.91 Å². The van der Waals surface area contributed by atoms with E-state index in [1.165, 1.54) is 27.8 Å². The second-order valence-corrected chi connectivity index (χ2v) is 9.58. The first-order valence-corrected chi connectivity index (χ1v) is 12.6. The molecule has 1 amide bonds. The number of hydrogen-bond donors (Lipinski definition) is 0. The predicted octanol–water partition coefficient (Wildman–Crippen LogP) is 6.19. The van der Waals surface area contributed by atoms with Crippen molar-refractivity contribution in [2.75, 3.05) is 4.90 Å². The number of aryl methyl sites for hydroxylation is 2. The molecule has 5 aromatic rings. The highest BCUT2D eigenvalue weighted by atomic mass is 32.2. The molecule has 0 spiro atoms. The molecule has 0 aliphatic carbocycles. The Morgan fingerprint density at radius 2 is 1.91 bits per heavy atom. The van der Waals surface area contributed by atoms with Crippen LogP contribution in [0.15, 0.2) is 65.1 Å². The molecule has 3 aromatic heterocycles. The lowest BCUT2D eigenvalue weighted by atomic mass is 10.1. The maximum atomic E-state index is 12.4. The van der Waals surface area contributed by atoms with Gasteiger partial charge in [-0.25, -0.2) is 4.98 Å². The van der Waals surface area contributed by atoms with Crippen LogP contribution in [0.2, 0.25) is 0 Å². The van der Waals surface area contributed by atoms with Gasteiger partial charge in [0.1, 0.15) is 0 Å². The number of benzene rings is 2. The minimum Gasteiger partial charge on any atom is -0.274 e. The van der Waals surface area contributed by atoms with Crippen LogP contribution >= 0.6 is 23.1 Å². The lowest BCUT2D eigenvalue weighted by molar-refractivity contribution is -0.115. The van der Waals surface area contributed by atoms with Crippen LogP contribution in [0.3, 0.4) is 0 Å². The van der Waals surface area contributed by atoms with Crippen LogP contribution in [0.5, 0.6) is 0 Å². The Kier molecular flexibility index (Phi) is 5.86. The fourth-order valence-corrected chi connectivity index (χ4v) is 5.72. The number of thioether (sulfide) groups is 1. The second-order valence-electron chi connectivity index (χ2n) is 7.81. The van der Waals surface area contributed by atoms with Crippen molar-refractivity contribution in [3.8, 4) is 0 Å². The average Bonchev–Trinajstić information content (AvgIpc) is 3.45. The third-order valence-corrected chi connectivity index (χ3v) is 7.41. The Labute approximate surface area is 200 Å². The summed E-state index contributed by atoms with van der Waals surface area (Å²) < 4.78 is 2.09. The van der Waals surface area contributed by atoms with Gasteiger partial charge in [-0.15, -0.1) is 21.5 Å². The summed E-state index contributed by atoms with van der Waals surface area (Å²) >= 11 is 3.07. The van der Waals surface area contributed by atoms with Crippen LogP contribution in [0.4, 0.5) is 10.8 Å². The number of para-hydroxylation sites is 1. The molecule has 0 aliphatic heterocycles. The summed E-state index contributed by atoms with van der Waals surface area (Å²) in [6.45, 7) is 5.78. The zero-order valence-corrected chi connectivity index (χ0v) is 20.3. The SMILES string of the molecule is CCc1ccc(N(C(C)=O)c2nc(CSc3nnc4cc(C)c5ccccc5n34)cs2)cc1. The summed E-state index contributed by atoms with van der Waals surface area (Å²) in [5, 5.41) is 13.5. The summed E-state index contributed by atoms with van der Waals surface area (Å²) in [4.78, 5) is 18.8. The van der Waals surface area contributed by atoms with Gasteiger partial charge in [0.25, 0.3) is 0 Å². The van der Waals surface area contributed by atoms with E-state index in [2.05, 4.69) is 58.8 Å². The zero-order chi connectivity index (χ0) is 22.9. The molecular weight excluding hydrogens is 450 g/mol. The summed E-state index contributed by atoms with van der Waals surface area (Å²) in [5.41, 5.74) is 6.09. The Morgan fingerprint density at radius 3 is 2.67 bits per heavy atom. The molecule has 0 radical (unpaired) electrons. The number of pyridine rings is 1. The molecule has 5 rings (SSSR count). The molecule has 0 N–H and O–H groups in total. The fraction of sp³-hybridized carbons (Fsp3) is 0.200. The van der Waals surface area contributed by atoms with Crippen molar-refractivity contribution in [3.05, 3.63) is 76.8 Å². The lowest BCUT2D eigenvalue weighted by Crippen LogP contribution is -2.22. The van der Waals surface area contributed by atoms with E-state index in [1.807, 2.05) is 29.6 Å². The van der Waals surface area contributed by atoms with Gasteiger partial charge in [-0.3, -0.25) is 14.1 Å². The van der Waals surface area contributed by atoms with Gasteiger partial charge in [0.15, 0.2) is 15.9 Å². The largest absolute Gasteiger partial charge is 0.274 e. The van der Waals surface area contributed by atoms with Gasteiger partial charge >= 0.3 is 0 Å². The van der Waals surface area contributed by atoms with Crippen LogP contribution in [-0.4, -0.2) is 25.5 Å². The Hall–Kier alpha value is -3.23. The summed E-state index contributed by atoms with van der Waals surface area (Å²) in [7, 11) is 0. The number of carbonyl (C=O) groups excluding carboxylic acids is 1. The molecule has 0 fully saturated rings. The van der Waals surface area contributed by atoms with E-state index in [1.54, 1.807) is 23.6 Å². The van der Waals surface area contributed by atoms with Crippen LogP contribution in [0.1, 0.15) is 30.7 Å². The highest BCUT2D eigenvalue weighted by molar-refractivity contribution is 7.98. The minimum atomic E-state index is -0.0573. The quantitative estimate of drug-likeness (QED) is 0.275. The molecule has 0 saturated carbocycles. The summed E-state index contributed by atoms with van der Waals surface area (Å²) in [5.74, 6) is 0.582. The molecule has 0 aliphatic rings. The first-order chi connectivity index (χ1) is 16.0. The number of hydrogen-bond acceptors (Lipinski definition) is 6. The molecule has 0 atom stereocenters. The average molecular weight is 474 g/mol. The van der Waals surface area contributed by atoms with E-state index in [4.69, 9.17) is 4.98 Å². The zero-order valence-electron chi connectivity index (χ0n) is 18.6. The van der Waals surface area contributed by atoms with E-state index in [9.17, 15) is 4.79 Å². The van der Waals surface area contributed by atoms with Crippen molar-refractivity contribution in [2.45, 2.75) is 38.1 Å². The number of anilines is 2. The molecular formula is C25H23N5OS2. The Balaban J connectivity index is 1.40. The first-order valence-electron chi connectivity index (χ1n) is 10.8. The number of carbonyl (C=O) groups is 1. The first kappa shape index (κ1) is 21.6. The molecule has 2 aromatic carbocycles. The lowest BCUT2D eigenvalue weighted by Gasteiger charge is -2.18. The van der Waals surface area contributed by atoms with Crippen molar-refractivity contribution in [2.24, 2.45) is 0 Å². The molecule has 0 saturated heterocycles. The van der Waals surface area contributed by atoms with Gasteiger partial charge < -0.3 is 0 Å². The third kappa shape index (κ3) is 4.12. The Morgan fingerprint density at radius 1 is 1.12 bits per heavy atom. The normalized spacial score (nSPS) is 11.4. The summed E-state index contributed by atoms with van der Waals surface area (Å²) in [6, 6.07) is 18.4. The van der Waals surface area contributed by atoms with Crippen molar-refractivity contribution < 1.29 is 4.79 Å². The molecule has 3 heterocycles.